The maximum atomic E-state index is 4.17. The first-order valence-corrected chi connectivity index (χ1v) is 4.45. The van der Waals surface area contributed by atoms with Crippen LogP contribution in [0.5, 0.6) is 0 Å². The minimum Gasteiger partial charge on any atom is -0.317 e. The quantitative estimate of drug-likeness (QED) is 0.665. The van der Waals surface area contributed by atoms with E-state index in [9.17, 15) is 0 Å². The van der Waals surface area contributed by atoms with Gasteiger partial charge in [0, 0.05) is 18.3 Å². The van der Waals surface area contributed by atoms with Crippen LogP contribution in [0.3, 0.4) is 0 Å². The van der Waals surface area contributed by atoms with Crippen molar-refractivity contribution in [2.45, 2.75) is 13.3 Å². The lowest BCUT2D eigenvalue weighted by Crippen LogP contribution is -2.16. The van der Waals surface area contributed by atoms with Crippen molar-refractivity contribution in [3.05, 3.63) is 16.6 Å². The Hall–Kier alpha value is -0.410. The lowest BCUT2D eigenvalue weighted by atomic mass is 10.3. The lowest BCUT2D eigenvalue weighted by Gasteiger charge is -1.96. The Morgan fingerprint density at radius 1 is 1.70 bits per heavy atom. The predicted molar refractivity (Wildman–Crippen MR) is 44.4 cm³/mol. The monoisotopic (exact) mass is 156 g/mol. The third-order valence-electron chi connectivity index (χ3n) is 1.29. The van der Waals surface area contributed by atoms with E-state index in [-0.39, 0.29) is 0 Å². The standard InChI is InChI=1S/C7H12N2S/c1-2-8-4-3-7-5-10-6-9-7/h5-6,8H,2-4H2,1H3. The van der Waals surface area contributed by atoms with E-state index in [0.717, 1.165) is 19.5 Å². The number of nitrogens with one attached hydrogen (secondary N) is 1. The van der Waals surface area contributed by atoms with Crippen LogP contribution in [0.4, 0.5) is 0 Å². The van der Waals surface area contributed by atoms with Crippen LogP contribution in [0.1, 0.15) is 12.6 Å². The van der Waals surface area contributed by atoms with Gasteiger partial charge in [0.05, 0.1) is 11.2 Å². The number of likely N-dealkylation sites (N-methyl/N-ethyl adjacent to an activating group) is 1. The summed E-state index contributed by atoms with van der Waals surface area (Å²) in [6.07, 6.45) is 1.05. The summed E-state index contributed by atoms with van der Waals surface area (Å²) in [6.45, 7) is 4.20. The summed E-state index contributed by atoms with van der Waals surface area (Å²) in [4.78, 5) is 4.17. The van der Waals surface area contributed by atoms with Gasteiger partial charge in [-0.05, 0) is 6.54 Å². The zero-order valence-electron chi connectivity index (χ0n) is 6.13. The van der Waals surface area contributed by atoms with Gasteiger partial charge < -0.3 is 5.32 Å². The molecule has 0 fully saturated rings. The van der Waals surface area contributed by atoms with E-state index in [1.807, 2.05) is 5.51 Å². The van der Waals surface area contributed by atoms with Gasteiger partial charge >= 0.3 is 0 Å². The summed E-state index contributed by atoms with van der Waals surface area (Å²) in [5.74, 6) is 0. The second-order valence-electron chi connectivity index (χ2n) is 2.08. The smallest absolute Gasteiger partial charge is 0.0794 e. The van der Waals surface area contributed by atoms with Crippen LogP contribution >= 0.6 is 11.3 Å². The molecule has 0 amide bonds. The van der Waals surface area contributed by atoms with E-state index in [4.69, 9.17) is 0 Å². The van der Waals surface area contributed by atoms with E-state index < -0.39 is 0 Å². The van der Waals surface area contributed by atoms with Crippen molar-refractivity contribution in [3.63, 3.8) is 0 Å². The third kappa shape index (κ3) is 2.45. The van der Waals surface area contributed by atoms with Gasteiger partial charge in [0.25, 0.3) is 0 Å². The Bertz CT molecular complexity index is 160. The summed E-state index contributed by atoms with van der Waals surface area (Å²) in [5, 5.41) is 5.35. The Labute approximate surface area is 65.3 Å². The van der Waals surface area contributed by atoms with Crippen molar-refractivity contribution in [2.24, 2.45) is 0 Å². The van der Waals surface area contributed by atoms with E-state index in [0.29, 0.717) is 0 Å². The molecule has 1 N–H and O–H groups in total. The number of nitrogens with zero attached hydrogens (tertiary/aromatic N) is 1. The van der Waals surface area contributed by atoms with Crippen molar-refractivity contribution in [2.75, 3.05) is 13.1 Å². The van der Waals surface area contributed by atoms with Crippen LogP contribution in [0.25, 0.3) is 0 Å². The molecule has 0 atom stereocenters. The molecule has 0 aliphatic heterocycles. The van der Waals surface area contributed by atoms with E-state index >= 15 is 0 Å². The molecule has 1 rings (SSSR count). The molecule has 10 heavy (non-hydrogen) atoms. The second-order valence-corrected chi connectivity index (χ2v) is 2.80. The van der Waals surface area contributed by atoms with E-state index in [1.165, 1.54) is 5.69 Å². The first-order chi connectivity index (χ1) is 4.93. The highest BCUT2D eigenvalue weighted by molar-refractivity contribution is 7.07. The molecule has 0 spiro atoms. The first kappa shape index (κ1) is 7.69. The molecule has 1 heterocycles. The molecule has 0 aliphatic carbocycles. The number of thiazole rings is 1. The maximum Gasteiger partial charge on any atom is 0.0794 e. The molecule has 1 aromatic heterocycles. The average molecular weight is 156 g/mol. The van der Waals surface area contributed by atoms with Crippen LogP contribution in [0.15, 0.2) is 10.9 Å². The Kier molecular flexibility index (Phi) is 3.40. The third-order valence-corrected chi connectivity index (χ3v) is 1.93. The van der Waals surface area contributed by atoms with Gasteiger partial charge in [-0.15, -0.1) is 11.3 Å². The summed E-state index contributed by atoms with van der Waals surface area (Å²) in [5.41, 5.74) is 3.08. The molecule has 0 saturated heterocycles. The Morgan fingerprint density at radius 3 is 3.20 bits per heavy atom. The largest absolute Gasteiger partial charge is 0.317 e. The summed E-state index contributed by atoms with van der Waals surface area (Å²) >= 11 is 1.66. The van der Waals surface area contributed by atoms with Gasteiger partial charge in [0.15, 0.2) is 0 Å². The molecule has 0 aromatic carbocycles. The fourth-order valence-corrected chi connectivity index (χ4v) is 1.35. The highest BCUT2D eigenvalue weighted by atomic mass is 32.1. The predicted octanol–water partition coefficient (Wildman–Crippen LogP) is 1.30. The van der Waals surface area contributed by atoms with Gasteiger partial charge in [-0.25, -0.2) is 4.98 Å². The molecule has 0 radical (unpaired) electrons. The fraction of sp³-hybridized carbons (Fsp3) is 0.571. The normalized spacial score (nSPS) is 10.1. The summed E-state index contributed by atoms with van der Waals surface area (Å²) in [6, 6.07) is 0. The van der Waals surface area contributed by atoms with Crippen molar-refractivity contribution in [1.29, 1.82) is 0 Å². The molecule has 0 bridgehead atoms. The van der Waals surface area contributed by atoms with Crippen molar-refractivity contribution >= 4 is 11.3 Å². The summed E-state index contributed by atoms with van der Waals surface area (Å²) < 4.78 is 0. The second kappa shape index (κ2) is 4.41. The number of hydrogen-bond donors (Lipinski definition) is 1. The van der Waals surface area contributed by atoms with Gasteiger partial charge in [-0.2, -0.15) is 0 Å². The van der Waals surface area contributed by atoms with Crippen LogP contribution in [-0.2, 0) is 6.42 Å². The van der Waals surface area contributed by atoms with Gasteiger partial charge in [-0.1, -0.05) is 6.92 Å². The van der Waals surface area contributed by atoms with Crippen LogP contribution in [-0.4, -0.2) is 18.1 Å². The highest BCUT2D eigenvalue weighted by Gasteiger charge is 1.91. The SMILES string of the molecule is CCNCCc1cscn1. The van der Waals surface area contributed by atoms with E-state index in [1.54, 1.807) is 11.3 Å². The van der Waals surface area contributed by atoms with Gasteiger partial charge in [0.1, 0.15) is 0 Å². The molecule has 3 heteroatoms. The Morgan fingerprint density at radius 2 is 2.60 bits per heavy atom. The molecule has 1 aromatic rings. The molecular weight excluding hydrogens is 144 g/mol. The van der Waals surface area contributed by atoms with Gasteiger partial charge in [0.2, 0.25) is 0 Å². The fourth-order valence-electron chi connectivity index (χ4n) is 0.754. The molecule has 56 valence electrons. The highest BCUT2D eigenvalue weighted by Crippen LogP contribution is 2.00. The zero-order valence-corrected chi connectivity index (χ0v) is 6.95. The number of rotatable bonds is 4. The van der Waals surface area contributed by atoms with E-state index in [2.05, 4.69) is 22.6 Å². The van der Waals surface area contributed by atoms with Crippen LogP contribution in [0.2, 0.25) is 0 Å². The Balaban J connectivity index is 2.15. The zero-order chi connectivity index (χ0) is 7.23. The molecule has 2 nitrogen and oxygen atoms in total. The molecular formula is C7H12N2S. The minimum atomic E-state index is 1.04. The van der Waals surface area contributed by atoms with Crippen molar-refractivity contribution in [3.8, 4) is 0 Å². The molecule has 0 unspecified atom stereocenters. The number of hydrogen-bond acceptors (Lipinski definition) is 3. The topological polar surface area (TPSA) is 24.9 Å². The van der Waals surface area contributed by atoms with Crippen molar-refractivity contribution < 1.29 is 0 Å². The van der Waals surface area contributed by atoms with Gasteiger partial charge in [-0.3, -0.25) is 0 Å². The minimum absolute atomic E-state index is 1.04. The lowest BCUT2D eigenvalue weighted by molar-refractivity contribution is 0.710. The first-order valence-electron chi connectivity index (χ1n) is 3.51. The average Bonchev–Trinajstić information content (AvgIpc) is 2.41. The maximum absolute atomic E-state index is 4.17. The molecule has 0 saturated carbocycles. The van der Waals surface area contributed by atoms with Crippen LogP contribution < -0.4 is 5.32 Å². The molecule has 0 aliphatic rings. The van der Waals surface area contributed by atoms with Crippen LogP contribution in [0, 0.1) is 0 Å². The van der Waals surface area contributed by atoms with Crippen molar-refractivity contribution in [1.82, 2.24) is 10.3 Å². The number of aromatic nitrogens is 1. The summed E-state index contributed by atoms with van der Waals surface area (Å²) in [7, 11) is 0.